The maximum absolute atomic E-state index is 12.4. The molecule has 8 heteroatoms. The highest BCUT2D eigenvalue weighted by molar-refractivity contribution is 7.84. The summed E-state index contributed by atoms with van der Waals surface area (Å²) in [5.41, 5.74) is 8.90. The van der Waals surface area contributed by atoms with E-state index in [9.17, 15) is 4.21 Å². The molecule has 0 aliphatic carbocycles. The van der Waals surface area contributed by atoms with E-state index in [0.717, 1.165) is 11.3 Å². The lowest BCUT2D eigenvalue weighted by molar-refractivity contribution is 0.477. The van der Waals surface area contributed by atoms with Crippen molar-refractivity contribution >= 4 is 39.2 Å². The van der Waals surface area contributed by atoms with E-state index in [2.05, 4.69) is 10.1 Å². The van der Waals surface area contributed by atoms with Crippen LogP contribution in [-0.4, -0.2) is 19.0 Å². The molecular weight excluding hydrogens is 312 g/mol. The Balaban J connectivity index is 1.93. The SMILES string of the molecule is Cc1nn(C)c(Cl)c1CS(=O)c1nc2cc(N)ccc2o1. The van der Waals surface area contributed by atoms with Gasteiger partial charge in [-0.25, -0.2) is 9.19 Å². The minimum atomic E-state index is -1.44. The highest BCUT2D eigenvalue weighted by Crippen LogP contribution is 2.25. The first-order valence-corrected chi connectivity index (χ1v) is 7.88. The van der Waals surface area contributed by atoms with Gasteiger partial charge in [0.2, 0.25) is 0 Å². The number of nitrogens with two attached hydrogens (primary N) is 1. The number of hydrogen-bond donors (Lipinski definition) is 1. The zero-order valence-corrected chi connectivity index (χ0v) is 13.0. The lowest BCUT2D eigenvalue weighted by atomic mass is 10.3. The number of nitrogens with zero attached hydrogens (tertiary/aromatic N) is 3. The molecule has 0 amide bonds. The minimum Gasteiger partial charge on any atom is -0.430 e. The summed E-state index contributed by atoms with van der Waals surface area (Å²) in [6.07, 6.45) is 0. The van der Waals surface area contributed by atoms with Crippen molar-refractivity contribution in [1.29, 1.82) is 0 Å². The molecule has 1 atom stereocenters. The van der Waals surface area contributed by atoms with E-state index in [-0.39, 0.29) is 11.0 Å². The van der Waals surface area contributed by atoms with Crippen LogP contribution >= 0.6 is 11.6 Å². The Labute approximate surface area is 128 Å². The number of halogens is 1. The van der Waals surface area contributed by atoms with Crippen LogP contribution in [0.25, 0.3) is 11.1 Å². The van der Waals surface area contributed by atoms with Gasteiger partial charge in [0.15, 0.2) is 5.58 Å². The summed E-state index contributed by atoms with van der Waals surface area (Å²) in [6.45, 7) is 1.82. The predicted molar refractivity (Wildman–Crippen MR) is 81.5 cm³/mol. The van der Waals surface area contributed by atoms with Crippen LogP contribution in [-0.2, 0) is 23.6 Å². The maximum atomic E-state index is 12.4. The van der Waals surface area contributed by atoms with E-state index in [0.29, 0.717) is 21.9 Å². The number of hydrogen-bond acceptors (Lipinski definition) is 5. The lowest BCUT2D eigenvalue weighted by Crippen LogP contribution is -1.98. The van der Waals surface area contributed by atoms with Gasteiger partial charge in [0, 0.05) is 18.3 Å². The van der Waals surface area contributed by atoms with Crippen LogP contribution in [0.2, 0.25) is 5.15 Å². The predicted octanol–water partition coefficient (Wildman–Crippen LogP) is 2.41. The van der Waals surface area contributed by atoms with Gasteiger partial charge in [0.25, 0.3) is 5.22 Å². The summed E-state index contributed by atoms with van der Waals surface area (Å²) in [4.78, 5) is 4.22. The Hall–Kier alpha value is -1.86. The van der Waals surface area contributed by atoms with Gasteiger partial charge in [-0.15, -0.1) is 0 Å². The van der Waals surface area contributed by atoms with Crippen LogP contribution in [0.15, 0.2) is 27.8 Å². The molecule has 6 nitrogen and oxygen atoms in total. The average molecular weight is 325 g/mol. The standard InChI is InChI=1S/C13H13ClN4O2S/c1-7-9(12(14)18(2)17-7)6-21(19)13-16-10-5-8(15)3-4-11(10)20-13/h3-5H,6,15H2,1-2H3. The molecule has 21 heavy (non-hydrogen) atoms. The molecule has 3 aromatic rings. The van der Waals surface area contributed by atoms with Crippen molar-refractivity contribution < 1.29 is 8.63 Å². The van der Waals surface area contributed by atoms with Gasteiger partial charge < -0.3 is 10.2 Å². The Bertz CT molecular complexity index is 855. The quantitative estimate of drug-likeness (QED) is 0.747. The molecule has 0 saturated heterocycles. The van der Waals surface area contributed by atoms with Crippen LogP contribution < -0.4 is 5.73 Å². The van der Waals surface area contributed by atoms with E-state index in [1.165, 1.54) is 0 Å². The number of nitrogen functional groups attached to an aromatic ring is 1. The molecule has 0 bridgehead atoms. The number of oxazole rings is 1. The summed E-state index contributed by atoms with van der Waals surface area (Å²) in [5.74, 6) is 0.209. The molecule has 2 heterocycles. The van der Waals surface area contributed by atoms with Crippen molar-refractivity contribution in [3.05, 3.63) is 34.6 Å². The van der Waals surface area contributed by atoms with Crippen LogP contribution in [0.3, 0.4) is 0 Å². The second kappa shape index (κ2) is 5.16. The van der Waals surface area contributed by atoms with Gasteiger partial charge in [0.05, 0.1) is 11.4 Å². The fourth-order valence-corrected chi connectivity index (χ4v) is 3.49. The van der Waals surface area contributed by atoms with Crippen molar-refractivity contribution in [2.24, 2.45) is 7.05 Å². The maximum Gasteiger partial charge on any atom is 0.288 e. The first-order chi connectivity index (χ1) is 9.95. The van der Waals surface area contributed by atoms with Crippen molar-refractivity contribution in [2.75, 3.05) is 5.73 Å². The highest BCUT2D eigenvalue weighted by Gasteiger charge is 2.19. The first-order valence-electron chi connectivity index (χ1n) is 6.18. The lowest BCUT2D eigenvalue weighted by Gasteiger charge is -1.98. The monoisotopic (exact) mass is 324 g/mol. The second-order valence-corrected chi connectivity index (χ2v) is 6.36. The summed E-state index contributed by atoms with van der Waals surface area (Å²) in [5, 5.41) is 4.83. The van der Waals surface area contributed by atoms with Gasteiger partial charge in [0.1, 0.15) is 21.5 Å². The molecule has 3 rings (SSSR count). The van der Waals surface area contributed by atoms with E-state index in [1.807, 2.05) is 6.92 Å². The summed E-state index contributed by atoms with van der Waals surface area (Å²) >= 11 is 6.14. The largest absolute Gasteiger partial charge is 0.430 e. The van der Waals surface area contributed by atoms with Crippen molar-refractivity contribution in [3.63, 3.8) is 0 Å². The van der Waals surface area contributed by atoms with E-state index in [1.54, 1.807) is 29.9 Å². The molecule has 110 valence electrons. The molecule has 0 radical (unpaired) electrons. The van der Waals surface area contributed by atoms with E-state index in [4.69, 9.17) is 21.8 Å². The third kappa shape index (κ3) is 2.54. The summed E-state index contributed by atoms with van der Waals surface area (Å²) in [7, 11) is 0.303. The molecule has 1 unspecified atom stereocenters. The van der Waals surface area contributed by atoms with Gasteiger partial charge in [-0.05, 0) is 25.1 Å². The van der Waals surface area contributed by atoms with E-state index < -0.39 is 10.8 Å². The Morgan fingerprint density at radius 2 is 2.24 bits per heavy atom. The third-order valence-corrected chi connectivity index (χ3v) is 4.72. The van der Waals surface area contributed by atoms with Crippen molar-refractivity contribution in [2.45, 2.75) is 17.9 Å². The molecule has 2 N–H and O–H groups in total. The molecule has 0 saturated carbocycles. The van der Waals surface area contributed by atoms with Gasteiger partial charge >= 0.3 is 0 Å². The Morgan fingerprint density at radius 3 is 2.90 bits per heavy atom. The molecule has 0 fully saturated rings. The fraction of sp³-hybridized carbons (Fsp3) is 0.231. The van der Waals surface area contributed by atoms with Crippen LogP contribution in [0.1, 0.15) is 11.3 Å². The third-order valence-electron chi connectivity index (χ3n) is 3.13. The second-order valence-electron chi connectivity index (χ2n) is 4.68. The molecular formula is C13H13ClN4O2S. The Morgan fingerprint density at radius 1 is 1.48 bits per heavy atom. The number of fused-ring (bicyclic) bond motifs is 1. The molecule has 0 spiro atoms. The van der Waals surface area contributed by atoms with E-state index >= 15 is 0 Å². The van der Waals surface area contributed by atoms with Crippen molar-refractivity contribution in [1.82, 2.24) is 14.8 Å². The summed E-state index contributed by atoms with van der Waals surface area (Å²) < 4.78 is 19.5. The van der Waals surface area contributed by atoms with Gasteiger partial charge in [-0.2, -0.15) is 5.10 Å². The zero-order valence-electron chi connectivity index (χ0n) is 11.5. The normalized spacial score (nSPS) is 12.9. The average Bonchev–Trinajstić information content (AvgIpc) is 2.95. The number of aromatic nitrogens is 3. The van der Waals surface area contributed by atoms with Crippen LogP contribution in [0.4, 0.5) is 5.69 Å². The topological polar surface area (TPSA) is 86.9 Å². The minimum absolute atomic E-state index is 0.162. The van der Waals surface area contributed by atoms with Gasteiger partial charge in [-0.3, -0.25) is 4.68 Å². The molecule has 0 aliphatic heterocycles. The molecule has 2 aromatic heterocycles. The number of rotatable bonds is 3. The first kappa shape index (κ1) is 14.1. The van der Waals surface area contributed by atoms with Crippen molar-refractivity contribution in [3.8, 4) is 0 Å². The van der Waals surface area contributed by atoms with Crippen LogP contribution in [0, 0.1) is 6.92 Å². The number of benzene rings is 1. The smallest absolute Gasteiger partial charge is 0.288 e. The summed E-state index contributed by atoms with van der Waals surface area (Å²) in [6, 6.07) is 5.10. The van der Waals surface area contributed by atoms with Gasteiger partial charge in [-0.1, -0.05) is 11.6 Å². The molecule has 1 aromatic carbocycles. The molecule has 0 aliphatic rings. The van der Waals surface area contributed by atoms with Crippen LogP contribution in [0.5, 0.6) is 0 Å². The number of aryl methyl sites for hydroxylation is 2. The Kier molecular flexibility index (Phi) is 3.46. The highest BCUT2D eigenvalue weighted by atomic mass is 35.5. The number of anilines is 1. The zero-order chi connectivity index (χ0) is 15.1. The fourth-order valence-electron chi connectivity index (χ4n) is 2.05.